The maximum atomic E-state index is 11.8. The number of carbonyl (C=O) groups is 1. The number of ether oxygens (including phenoxy) is 1. The second-order valence-electron chi connectivity index (χ2n) is 3.34. The zero-order chi connectivity index (χ0) is 13.1. The van der Waals surface area contributed by atoms with Crippen molar-refractivity contribution in [2.24, 2.45) is 5.73 Å². The van der Waals surface area contributed by atoms with E-state index in [1.54, 1.807) is 0 Å². The number of hydrogen-bond acceptors (Lipinski definition) is 3. The predicted molar refractivity (Wildman–Crippen MR) is 59.7 cm³/mol. The Morgan fingerprint density at radius 1 is 1.33 bits per heavy atom. The second kappa shape index (κ2) is 6.46. The Morgan fingerprint density at radius 3 is 2.22 bits per heavy atom. The molecule has 0 saturated heterocycles. The Labute approximate surface area is 107 Å². The van der Waals surface area contributed by atoms with E-state index in [4.69, 9.17) is 10.8 Å². The first-order valence-electron chi connectivity index (χ1n) is 4.61. The van der Waals surface area contributed by atoms with E-state index in [-0.39, 0.29) is 24.6 Å². The van der Waals surface area contributed by atoms with Crippen molar-refractivity contribution in [3.05, 3.63) is 29.8 Å². The lowest BCUT2D eigenvalue weighted by atomic mass is 10.1. The maximum absolute atomic E-state index is 11.8. The van der Waals surface area contributed by atoms with Gasteiger partial charge in [0, 0.05) is 0 Å². The van der Waals surface area contributed by atoms with Crippen molar-refractivity contribution in [1.29, 1.82) is 0 Å². The normalized spacial score (nSPS) is 12.4. The van der Waals surface area contributed by atoms with Crippen molar-refractivity contribution in [3.8, 4) is 5.75 Å². The van der Waals surface area contributed by atoms with Gasteiger partial charge in [0.05, 0.1) is 0 Å². The first kappa shape index (κ1) is 16.5. The number of nitrogens with two attached hydrogens (primary N) is 1. The molecule has 1 unspecified atom stereocenters. The summed E-state index contributed by atoms with van der Waals surface area (Å²) in [6.45, 7) is 0. The van der Waals surface area contributed by atoms with Crippen LogP contribution in [-0.4, -0.2) is 23.5 Å². The summed E-state index contributed by atoms with van der Waals surface area (Å²) in [5.74, 6) is -1.52. The molecular weight excluding hydrogens is 275 g/mol. The van der Waals surface area contributed by atoms with E-state index in [0.29, 0.717) is 5.56 Å². The van der Waals surface area contributed by atoms with Crippen molar-refractivity contribution in [1.82, 2.24) is 0 Å². The molecule has 4 nitrogen and oxygen atoms in total. The fraction of sp³-hybridized carbons (Fsp3) is 0.300. The predicted octanol–water partition coefficient (Wildman–Crippen LogP) is 1.96. The van der Waals surface area contributed by atoms with Crippen LogP contribution >= 0.6 is 12.4 Å². The van der Waals surface area contributed by atoms with Crippen molar-refractivity contribution in [2.75, 3.05) is 0 Å². The monoisotopic (exact) mass is 285 g/mol. The Morgan fingerprint density at radius 2 is 1.83 bits per heavy atom. The van der Waals surface area contributed by atoms with E-state index in [1.807, 2.05) is 0 Å². The first-order valence-corrected chi connectivity index (χ1v) is 4.61. The number of hydrogen-bond donors (Lipinski definition) is 2. The number of carboxylic acids is 1. The number of rotatable bonds is 4. The van der Waals surface area contributed by atoms with E-state index in [0.717, 1.165) is 12.1 Å². The first-order chi connectivity index (χ1) is 7.78. The van der Waals surface area contributed by atoms with E-state index in [9.17, 15) is 18.0 Å². The number of aliphatic carboxylic acids is 1. The lowest BCUT2D eigenvalue weighted by Gasteiger charge is -2.10. The maximum Gasteiger partial charge on any atom is 0.573 e. The average Bonchev–Trinajstić information content (AvgIpc) is 2.18. The van der Waals surface area contributed by atoms with Crippen LogP contribution in [0, 0.1) is 0 Å². The molecule has 18 heavy (non-hydrogen) atoms. The van der Waals surface area contributed by atoms with Crippen LogP contribution in [0.5, 0.6) is 5.75 Å². The quantitative estimate of drug-likeness (QED) is 0.887. The van der Waals surface area contributed by atoms with E-state index in [2.05, 4.69) is 4.74 Å². The number of halogens is 4. The second-order valence-corrected chi connectivity index (χ2v) is 3.34. The molecule has 8 heteroatoms. The summed E-state index contributed by atoms with van der Waals surface area (Å²) in [6.07, 6.45) is -4.69. The summed E-state index contributed by atoms with van der Waals surface area (Å²) in [5.41, 5.74) is 5.80. The van der Waals surface area contributed by atoms with Crippen molar-refractivity contribution < 1.29 is 27.8 Å². The molecule has 0 aliphatic carbocycles. The van der Waals surface area contributed by atoms with Gasteiger partial charge in [0.15, 0.2) is 0 Å². The van der Waals surface area contributed by atoms with Crippen LogP contribution in [0.4, 0.5) is 13.2 Å². The van der Waals surface area contributed by atoms with Gasteiger partial charge in [-0.1, -0.05) is 12.1 Å². The molecule has 1 rings (SSSR count). The molecule has 0 radical (unpaired) electrons. The Hall–Kier alpha value is -1.47. The van der Waals surface area contributed by atoms with Crippen LogP contribution in [0.3, 0.4) is 0 Å². The Kier molecular flexibility index (Phi) is 5.93. The largest absolute Gasteiger partial charge is 0.573 e. The summed E-state index contributed by atoms with van der Waals surface area (Å²) in [7, 11) is 0. The smallest absolute Gasteiger partial charge is 0.480 e. The molecule has 102 valence electrons. The highest BCUT2D eigenvalue weighted by molar-refractivity contribution is 5.85. The highest BCUT2D eigenvalue weighted by atomic mass is 35.5. The topological polar surface area (TPSA) is 72.5 Å². The highest BCUT2D eigenvalue weighted by Crippen LogP contribution is 2.22. The summed E-state index contributed by atoms with van der Waals surface area (Å²) < 4.78 is 39.2. The molecule has 0 heterocycles. The molecule has 1 atom stereocenters. The summed E-state index contributed by atoms with van der Waals surface area (Å²) in [6, 6.07) is 3.81. The summed E-state index contributed by atoms with van der Waals surface area (Å²) in [4.78, 5) is 10.5. The van der Waals surface area contributed by atoms with Gasteiger partial charge in [-0.3, -0.25) is 4.79 Å². The minimum absolute atomic E-state index is 0. The minimum Gasteiger partial charge on any atom is -0.480 e. The molecule has 0 aliphatic rings. The van der Waals surface area contributed by atoms with Crippen LogP contribution in [-0.2, 0) is 11.2 Å². The van der Waals surface area contributed by atoms with Crippen LogP contribution in [0.25, 0.3) is 0 Å². The Bertz CT molecular complexity index is 394. The third-order valence-corrected chi connectivity index (χ3v) is 1.93. The molecule has 3 N–H and O–H groups in total. The van der Waals surface area contributed by atoms with Gasteiger partial charge in [0.1, 0.15) is 11.8 Å². The molecule has 0 bridgehead atoms. The van der Waals surface area contributed by atoms with Crippen LogP contribution in [0.1, 0.15) is 5.56 Å². The number of benzene rings is 1. The van der Waals surface area contributed by atoms with Crippen molar-refractivity contribution >= 4 is 18.4 Å². The number of carboxylic acid groups (broad SMARTS) is 1. The van der Waals surface area contributed by atoms with Crippen LogP contribution in [0.2, 0.25) is 0 Å². The van der Waals surface area contributed by atoms with Crippen LogP contribution < -0.4 is 10.5 Å². The van der Waals surface area contributed by atoms with Gasteiger partial charge in [-0.2, -0.15) is 0 Å². The molecular formula is C10H11ClF3NO3. The SMILES string of the molecule is Cl.NC(Cc1ccc(OC(F)(F)F)cc1)C(=O)O. The van der Waals surface area contributed by atoms with Gasteiger partial charge >= 0.3 is 12.3 Å². The zero-order valence-electron chi connectivity index (χ0n) is 8.98. The minimum atomic E-state index is -4.74. The lowest BCUT2D eigenvalue weighted by Crippen LogP contribution is -2.32. The zero-order valence-corrected chi connectivity index (χ0v) is 9.79. The molecule has 0 aliphatic heterocycles. The van der Waals surface area contributed by atoms with Crippen molar-refractivity contribution in [2.45, 2.75) is 18.8 Å². The van der Waals surface area contributed by atoms with Gasteiger partial charge in [0.25, 0.3) is 0 Å². The summed E-state index contributed by atoms with van der Waals surface area (Å²) >= 11 is 0. The molecule has 0 fully saturated rings. The average molecular weight is 286 g/mol. The van der Waals surface area contributed by atoms with E-state index >= 15 is 0 Å². The molecule has 1 aromatic rings. The van der Waals surface area contributed by atoms with Gasteiger partial charge in [-0.25, -0.2) is 0 Å². The number of alkyl halides is 3. The lowest BCUT2D eigenvalue weighted by molar-refractivity contribution is -0.274. The molecule has 1 aromatic carbocycles. The standard InChI is InChI=1S/C10H10F3NO3.ClH/c11-10(12,13)17-7-3-1-6(2-4-7)5-8(14)9(15)16;/h1-4,8H,5,14H2,(H,15,16);1H. The molecule has 0 spiro atoms. The molecule has 0 amide bonds. The van der Waals surface area contributed by atoms with Crippen LogP contribution in [0.15, 0.2) is 24.3 Å². The van der Waals surface area contributed by atoms with Gasteiger partial charge in [0.2, 0.25) is 0 Å². The van der Waals surface area contributed by atoms with Crippen molar-refractivity contribution in [3.63, 3.8) is 0 Å². The fourth-order valence-corrected chi connectivity index (χ4v) is 1.17. The third kappa shape index (κ3) is 5.74. The highest BCUT2D eigenvalue weighted by Gasteiger charge is 2.30. The van der Waals surface area contributed by atoms with Gasteiger partial charge in [-0.15, -0.1) is 25.6 Å². The summed E-state index contributed by atoms with van der Waals surface area (Å²) in [5, 5.41) is 8.55. The fourth-order valence-electron chi connectivity index (χ4n) is 1.17. The van der Waals surface area contributed by atoms with Gasteiger partial charge < -0.3 is 15.6 Å². The van der Waals surface area contributed by atoms with Gasteiger partial charge in [-0.05, 0) is 24.1 Å². The Balaban J connectivity index is 0.00000289. The molecule has 0 saturated carbocycles. The molecule has 0 aromatic heterocycles. The van der Waals surface area contributed by atoms with E-state index < -0.39 is 18.4 Å². The van der Waals surface area contributed by atoms with E-state index in [1.165, 1.54) is 12.1 Å². The third-order valence-electron chi connectivity index (χ3n) is 1.93.